The normalized spacial score (nSPS) is 26.0. The SMILES string of the molecule is CC1(C)OB(C23C=CC=C4Oc5ccc(-c6cccc(-c7cccc(-c8ccccc8)c7)c6)cc5C42C3)OC1(C)C. The van der Waals surface area contributed by atoms with Crippen LogP contribution in [-0.2, 0) is 14.7 Å². The molecule has 0 bridgehead atoms. The summed E-state index contributed by atoms with van der Waals surface area (Å²) in [5.74, 6) is 1.95. The minimum Gasteiger partial charge on any atom is -0.460 e. The molecule has 2 aliphatic heterocycles. The molecule has 4 aromatic carbocycles. The van der Waals surface area contributed by atoms with Gasteiger partial charge >= 0.3 is 7.12 Å². The van der Waals surface area contributed by atoms with Crippen LogP contribution in [0.5, 0.6) is 5.75 Å². The summed E-state index contributed by atoms with van der Waals surface area (Å²) in [7, 11) is -0.328. The van der Waals surface area contributed by atoms with Gasteiger partial charge in [-0.2, -0.15) is 0 Å². The Morgan fingerprint density at radius 1 is 0.610 bits per heavy atom. The van der Waals surface area contributed by atoms with Gasteiger partial charge in [0.15, 0.2) is 0 Å². The van der Waals surface area contributed by atoms with Crippen LogP contribution in [0.4, 0.5) is 0 Å². The third-order valence-corrected chi connectivity index (χ3v) is 10.1. The average molecular weight is 536 g/mol. The Bertz CT molecular complexity index is 1750. The molecule has 41 heavy (non-hydrogen) atoms. The average Bonchev–Trinajstić information content (AvgIpc) is 3.52. The summed E-state index contributed by atoms with van der Waals surface area (Å²) in [5.41, 5.74) is 7.46. The maximum absolute atomic E-state index is 6.63. The molecule has 0 radical (unpaired) electrons. The molecule has 1 spiro atoms. The van der Waals surface area contributed by atoms with E-state index in [1.807, 2.05) is 0 Å². The first kappa shape index (κ1) is 24.9. The second-order valence-electron chi connectivity index (χ2n) is 12.9. The Morgan fingerprint density at radius 2 is 1.17 bits per heavy atom. The van der Waals surface area contributed by atoms with Crippen LogP contribution in [0.1, 0.15) is 39.7 Å². The molecule has 0 N–H and O–H groups in total. The van der Waals surface area contributed by atoms with E-state index in [4.69, 9.17) is 14.0 Å². The topological polar surface area (TPSA) is 27.7 Å². The van der Waals surface area contributed by atoms with Crippen LogP contribution in [0, 0.1) is 0 Å². The lowest BCUT2D eigenvalue weighted by Crippen LogP contribution is -2.41. The number of rotatable bonds is 4. The molecule has 2 aliphatic carbocycles. The van der Waals surface area contributed by atoms with Gasteiger partial charge in [0.1, 0.15) is 11.5 Å². The number of fused-ring (bicyclic) bond motifs is 1. The standard InChI is InChI=1S/C37H33BO3/c1-34(2)35(3,4)41-38(40-34)36-20-10-17-33-37(36,24-36)31-23-30(18-19-32(31)39-33)29-16-9-15-28(22-29)27-14-8-13-26(21-27)25-11-6-5-7-12-25/h5-23H,24H2,1-4H3. The van der Waals surface area contributed by atoms with E-state index < -0.39 is 0 Å². The highest BCUT2D eigenvalue weighted by molar-refractivity contribution is 6.53. The van der Waals surface area contributed by atoms with Gasteiger partial charge in [0, 0.05) is 10.9 Å². The summed E-state index contributed by atoms with van der Waals surface area (Å²) in [6, 6.07) is 34.8. The van der Waals surface area contributed by atoms with Crippen molar-refractivity contribution in [3.8, 4) is 39.1 Å². The number of hydrogen-bond donors (Lipinski definition) is 0. The molecular formula is C37H33BO3. The molecule has 2 heterocycles. The fourth-order valence-electron chi connectivity index (χ4n) is 7.02. The van der Waals surface area contributed by atoms with Gasteiger partial charge < -0.3 is 14.0 Å². The number of benzene rings is 4. The van der Waals surface area contributed by atoms with Crippen molar-refractivity contribution in [3.05, 3.63) is 127 Å². The Morgan fingerprint density at radius 3 is 1.80 bits per heavy atom. The molecular weight excluding hydrogens is 503 g/mol. The molecule has 0 aromatic heterocycles. The highest BCUT2D eigenvalue weighted by Crippen LogP contribution is 2.81. The maximum Gasteiger partial charge on any atom is 0.470 e. The number of ether oxygens (including phenoxy) is 1. The van der Waals surface area contributed by atoms with Gasteiger partial charge in [-0.3, -0.25) is 0 Å². The molecule has 3 nitrogen and oxygen atoms in total. The summed E-state index contributed by atoms with van der Waals surface area (Å²) in [4.78, 5) is 0. The van der Waals surface area contributed by atoms with Crippen molar-refractivity contribution in [3.63, 3.8) is 0 Å². The lowest BCUT2D eigenvalue weighted by atomic mass is 9.60. The van der Waals surface area contributed by atoms with E-state index in [2.05, 4.69) is 143 Å². The molecule has 1 saturated heterocycles. The predicted octanol–water partition coefficient (Wildman–Crippen LogP) is 9.01. The summed E-state index contributed by atoms with van der Waals surface area (Å²) in [5, 5.41) is -0.272. The largest absolute Gasteiger partial charge is 0.470 e. The van der Waals surface area contributed by atoms with Gasteiger partial charge in [0.05, 0.1) is 16.6 Å². The Hall–Kier alpha value is -3.86. The minimum atomic E-state index is -0.381. The van der Waals surface area contributed by atoms with E-state index in [0.29, 0.717) is 0 Å². The van der Waals surface area contributed by atoms with Crippen LogP contribution in [0.3, 0.4) is 0 Å². The van der Waals surface area contributed by atoms with Gasteiger partial charge in [-0.05, 0) is 97.8 Å². The summed E-state index contributed by atoms with van der Waals surface area (Å²) >= 11 is 0. The summed E-state index contributed by atoms with van der Waals surface area (Å²) < 4.78 is 19.7. The van der Waals surface area contributed by atoms with E-state index >= 15 is 0 Å². The highest BCUT2D eigenvalue weighted by atomic mass is 16.7. The molecule has 0 amide bonds. The Labute approximate surface area is 242 Å². The number of hydrogen-bond acceptors (Lipinski definition) is 3. The van der Waals surface area contributed by atoms with Gasteiger partial charge in [-0.15, -0.1) is 0 Å². The molecule has 4 aliphatic rings. The second kappa shape index (κ2) is 8.34. The smallest absolute Gasteiger partial charge is 0.460 e. The predicted molar refractivity (Wildman–Crippen MR) is 166 cm³/mol. The maximum atomic E-state index is 6.63. The van der Waals surface area contributed by atoms with Crippen molar-refractivity contribution in [2.24, 2.45) is 0 Å². The lowest BCUT2D eigenvalue weighted by Gasteiger charge is -2.32. The minimum absolute atomic E-state index is 0.254. The monoisotopic (exact) mass is 536 g/mol. The van der Waals surface area contributed by atoms with Crippen molar-refractivity contribution in [1.82, 2.24) is 0 Å². The molecule has 4 aromatic rings. The first-order chi connectivity index (χ1) is 19.7. The van der Waals surface area contributed by atoms with Crippen molar-refractivity contribution >= 4 is 7.12 Å². The van der Waals surface area contributed by atoms with Crippen molar-refractivity contribution in [2.45, 2.75) is 56.0 Å². The second-order valence-corrected chi connectivity index (χ2v) is 12.9. The Balaban J connectivity index is 1.16. The van der Waals surface area contributed by atoms with Crippen LogP contribution in [0.25, 0.3) is 33.4 Å². The first-order valence-electron chi connectivity index (χ1n) is 14.6. The third-order valence-electron chi connectivity index (χ3n) is 10.1. The zero-order chi connectivity index (χ0) is 28.0. The molecule has 2 fully saturated rings. The van der Waals surface area contributed by atoms with E-state index in [1.54, 1.807) is 0 Å². The zero-order valence-electron chi connectivity index (χ0n) is 24.0. The van der Waals surface area contributed by atoms with E-state index in [9.17, 15) is 0 Å². The van der Waals surface area contributed by atoms with Crippen LogP contribution < -0.4 is 4.74 Å². The first-order valence-corrected chi connectivity index (χ1v) is 14.6. The van der Waals surface area contributed by atoms with Crippen LogP contribution >= 0.6 is 0 Å². The molecule has 4 heteroatoms. The van der Waals surface area contributed by atoms with E-state index in [0.717, 1.165) is 17.9 Å². The molecule has 2 unspecified atom stereocenters. The van der Waals surface area contributed by atoms with Gasteiger partial charge in [-0.1, -0.05) is 84.9 Å². The van der Waals surface area contributed by atoms with Crippen LogP contribution in [0.15, 0.2) is 121 Å². The number of allylic oxidation sites excluding steroid dienone is 4. The third kappa shape index (κ3) is 3.47. The molecule has 202 valence electrons. The van der Waals surface area contributed by atoms with Gasteiger partial charge in [0.2, 0.25) is 0 Å². The van der Waals surface area contributed by atoms with Gasteiger partial charge in [0.25, 0.3) is 0 Å². The van der Waals surface area contributed by atoms with Crippen LogP contribution in [-0.4, -0.2) is 18.3 Å². The van der Waals surface area contributed by atoms with Gasteiger partial charge in [-0.25, -0.2) is 0 Å². The van der Waals surface area contributed by atoms with E-state index in [-0.39, 0.29) is 29.0 Å². The summed E-state index contributed by atoms with van der Waals surface area (Å²) in [6.07, 6.45) is 7.45. The molecule has 1 saturated carbocycles. The quantitative estimate of drug-likeness (QED) is 0.244. The zero-order valence-corrected chi connectivity index (χ0v) is 24.0. The van der Waals surface area contributed by atoms with Crippen LogP contribution in [0.2, 0.25) is 5.31 Å². The molecule has 2 atom stereocenters. The summed E-state index contributed by atoms with van der Waals surface area (Å²) in [6.45, 7) is 8.51. The molecule has 8 rings (SSSR count). The van der Waals surface area contributed by atoms with Crippen molar-refractivity contribution < 1.29 is 14.0 Å². The fourth-order valence-corrected chi connectivity index (χ4v) is 7.02. The Kier molecular flexibility index (Phi) is 5.07. The lowest BCUT2D eigenvalue weighted by molar-refractivity contribution is 0.00578. The van der Waals surface area contributed by atoms with E-state index in [1.165, 1.54) is 38.9 Å². The fraction of sp³-hybridized carbons (Fsp3) is 0.243. The van der Waals surface area contributed by atoms with Crippen molar-refractivity contribution in [1.29, 1.82) is 0 Å². The van der Waals surface area contributed by atoms with Crippen molar-refractivity contribution in [2.75, 3.05) is 0 Å². The highest BCUT2D eigenvalue weighted by Gasteiger charge is 2.81.